The number of carbonyl (C=O) groups is 1. The van der Waals surface area contributed by atoms with E-state index in [1.807, 2.05) is 0 Å². The molecule has 3 nitrogen and oxygen atoms in total. The van der Waals surface area contributed by atoms with E-state index < -0.39 is 18.1 Å². The largest absolute Gasteiger partial charge is 0.462 e. The predicted molar refractivity (Wildman–Crippen MR) is 62.4 cm³/mol. The quantitative estimate of drug-likeness (QED) is 0.481. The van der Waals surface area contributed by atoms with Gasteiger partial charge in [0.15, 0.2) is 0 Å². The Morgan fingerprint density at radius 3 is 2.76 bits per heavy atom. The van der Waals surface area contributed by atoms with Crippen LogP contribution in [0.4, 0.5) is 8.78 Å². The van der Waals surface area contributed by atoms with Crippen molar-refractivity contribution in [1.29, 1.82) is 0 Å². The standard InChI is InChI=1S/C10H9BrClF2NO2/c1-2-17-10(16)5-3-7(9(13)14)15-8(11)6(5)4-12/h3,9H,2,4H2,1H3. The number of esters is 1. The smallest absolute Gasteiger partial charge is 0.338 e. The second kappa shape index (κ2) is 6.26. The zero-order chi connectivity index (χ0) is 13.0. The van der Waals surface area contributed by atoms with Crippen LogP contribution in [0.3, 0.4) is 0 Å². The van der Waals surface area contributed by atoms with Gasteiger partial charge in [-0.25, -0.2) is 18.6 Å². The second-order valence-corrected chi connectivity index (χ2v) is 4.04. The topological polar surface area (TPSA) is 39.2 Å². The van der Waals surface area contributed by atoms with Gasteiger partial charge in [0.2, 0.25) is 0 Å². The molecule has 0 N–H and O–H groups in total. The van der Waals surface area contributed by atoms with Crippen molar-refractivity contribution in [2.45, 2.75) is 19.2 Å². The first kappa shape index (κ1) is 14.3. The molecule has 17 heavy (non-hydrogen) atoms. The van der Waals surface area contributed by atoms with Crippen LogP contribution in [0, 0.1) is 0 Å². The third kappa shape index (κ3) is 3.35. The van der Waals surface area contributed by atoms with E-state index >= 15 is 0 Å². The van der Waals surface area contributed by atoms with Crippen LogP contribution in [-0.2, 0) is 10.6 Å². The molecule has 1 aromatic heterocycles. The fourth-order valence-corrected chi connectivity index (χ4v) is 2.18. The number of carbonyl (C=O) groups excluding carboxylic acids is 1. The number of alkyl halides is 3. The highest BCUT2D eigenvalue weighted by Crippen LogP contribution is 2.27. The van der Waals surface area contributed by atoms with E-state index in [0.717, 1.165) is 6.07 Å². The lowest BCUT2D eigenvalue weighted by molar-refractivity contribution is 0.0524. The van der Waals surface area contributed by atoms with Gasteiger partial charge in [0, 0.05) is 5.56 Å². The summed E-state index contributed by atoms with van der Waals surface area (Å²) < 4.78 is 30.0. The summed E-state index contributed by atoms with van der Waals surface area (Å²) >= 11 is 8.66. The monoisotopic (exact) mass is 327 g/mol. The molecule has 0 aliphatic heterocycles. The molecule has 0 spiro atoms. The SMILES string of the molecule is CCOC(=O)c1cc(C(F)F)nc(Br)c1CCl. The minimum absolute atomic E-state index is 0.0130. The van der Waals surface area contributed by atoms with Crippen LogP contribution in [0.15, 0.2) is 10.7 Å². The molecule has 94 valence electrons. The normalized spacial score (nSPS) is 10.7. The lowest BCUT2D eigenvalue weighted by Gasteiger charge is -2.10. The molecule has 0 aromatic carbocycles. The Hall–Kier alpha value is -0.750. The van der Waals surface area contributed by atoms with E-state index in [1.54, 1.807) is 6.92 Å². The van der Waals surface area contributed by atoms with Gasteiger partial charge in [-0.3, -0.25) is 0 Å². The molecule has 0 saturated heterocycles. The fourth-order valence-electron chi connectivity index (χ4n) is 1.19. The van der Waals surface area contributed by atoms with Crippen molar-refractivity contribution in [3.63, 3.8) is 0 Å². The van der Waals surface area contributed by atoms with Crippen molar-refractivity contribution in [3.05, 3.63) is 27.5 Å². The van der Waals surface area contributed by atoms with Gasteiger partial charge in [-0.15, -0.1) is 11.6 Å². The first-order chi connectivity index (χ1) is 8.01. The molecule has 0 bridgehead atoms. The number of hydrogen-bond acceptors (Lipinski definition) is 3. The lowest BCUT2D eigenvalue weighted by atomic mass is 10.1. The van der Waals surface area contributed by atoms with Crippen molar-refractivity contribution in [2.24, 2.45) is 0 Å². The number of nitrogens with zero attached hydrogens (tertiary/aromatic N) is 1. The third-order valence-electron chi connectivity index (χ3n) is 1.95. The van der Waals surface area contributed by atoms with Gasteiger partial charge < -0.3 is 4.74 Å². The molecule has 0 unspecified atom stereocenters. The highest BCUT2D eigenvalue weighted by atomic mass is 79.9. The lowest BCUT2D eigenvalue weighted by Crippen LogP contribution is -2.10. The number of rotatable bonds is 4. The van der Waals surface area contributed by atoms with Crippen LogP contribution in [0.1, 0.15) is 35.0 Å². The van der Waals surface area contributed by atoms with E-state index in [-0.39, 0.29) is 22.7 Å². The summed E-state index contributed by atoms with van der Waals surface area (Å²) in [6.07, 6.45) is -2.76. The maximum atomic E-state index is 12.5. The molecule has 1 rings (SSSR count). The van der Waals surface area contributed by atoms with Gasteiger partial charge in [-0.2, -0.15) is 0 Å². The van der Waals surface area contributed by atoms with Crippen molar-refractivity contribution in [3.8, 4) is 0 Å². The van der Waals surface area contributed by atoms with Crippen molar-refractivity contribution in [2.75, 3.05) is 6.61 Å². The highest BCUT2D eigenvalue weighted by molar-refractivity contribution is 9.10. The number of halogens is 4. The van der Waals surface area contributed by atoms with Crippen LogP contribution in [-0.4, -0.2) is 17.6 Å². The Bertz CT molecular complexity index is 429. The van der Waals surface area contributed by atoms with Crippen LogP contribution >= 0.6 is 27.5 Å². The Morgan fingerprint density at radius 1 is 1.65 bits per heavy atom. The molecular formula is C10H9BrClF2NO2. The minimum atomic E-state index is -2.76. The molecule has 0 atom stereocenters. The molecule has 1 heterocycles. The van der Waals surface area contributed by atoms with Gasteiger partial charge >= 0.3 is 5.97 Å². The Labute approximate surface area is 110 Å². The maximum Gasteiger partial charge on any atom is 0.338 e. The second-order valence-electron chi connectivity index (χ2n) is 3.02. The molecule has 7 heteroatoms. The summed E-state index contributed by atoms with van der Waals surface area (Å²) in [5.74, 6) is -0.709. The zero-order valence-electron chi connectivity index (χ0n) is 8.84. The van der Waals surface area contributed by atoms with Gasteiger partial charge in [-0.05, 0) is 28.9 Å². The van der Waals surface area contributed by atoms with E-state index in [0.29, 0.717) is 5.56 Å². The number of aromatic nitrogens is 1. The molecule has 0 fully saturated rings. The number of ether oxygens (including phenoxy) is 1. The van der Waals surface area contributed by atoms with E-state index in [4.69, 9.17) is 16.3 Å². The van der Waals surface area contributed by atoms with E-state index in [9.17, 15) is 13.6 Å². The highest BCUT2D eigenvalue weighted by Gasteiger charge is 2.20. The predicted octanol–water partition coefficient (Wildman–Crippen LogP) is 3.70. The Morgan fingerprint density at radius 2 is 2.29 bits per heavy atom. The van der Waals surface area contributed by atoms with Gasteiger partial charge in [0.25, 0.3) is 6.43 Å². The summed E-state index contributed by atoms with van der Waals surface area (Å²) in [7, 11) is 0. The first-order valence-electron chi connectivity index (χ1n) is 4.71. The minimum Gasteiger partial charge on any atom is -0.462 e. The maximum absolute atomic E-state index is 12.5. The third-order valence-corrected chi connectivity index (χ3v) is 2.87. The van der Waals surface area contributed by atoms with Gasteiger partial charge in [0.05, 0.1) is 18.1 Å². The summed E-state index contributed by atoms with van der Waals surface area (Å²) in [5, 5.41) is 0. The van der Waals surface area contributed by atoms with E-state index in [2.05, 4.69) is 20.9 Å². The molecule has 0 aliphatic carbocycles. The van der Waals surface area contributed by atoms with Crippen molar-refractivity contribution in [1.82, 2.24) is 4.98 Å². The van der Waals surface area contributed by atoms with Crippen LogP contribution in [0.25, 0.3) is 0 Å². The van der Waals surface area contributed by atoms with Gasteiger partial charge in [-0.1, -0.05) is 0 Å². The Kier molecular flexibility index (Phi) is 5.27. The fraction of sp³-hybridized carbons (Fsp3) is 0.400. The molecule has 1 aromatic rings. The summed E-state index contributed by atoms with van der Waals surface area (Å²) in [4.78, 5) is 15.2. The number of pyridine rings is 1. The molecule has 0 saturated carbocycles. The summed E-state index contributed by atoms with van der Waals surface area (Å²) in [5.41, 5.74) is -0.137. The van der Waals surface area contributed by atoms with Gasteiger partial charge in [0.1, 0.15) is 10.3 Å². The van der Waals surface area contributed by atoms with Crippen molar-refractivity contribution >= 4 is 33.5 Å². The number of hydrogen-bond donors (Lipinski definition) is 0. The summed E-state index contributed by atoms with van der Waals surface area (Å²) in [6.45, 7) is 1.78. The van der Waals surface area contributed by atoms with Crippen LogP contribution < -0.4 is 0 Å². The average Bonchev–Trinajstić information content (AvgIpc) is 2.28. The zero-order valence-corrected chi connectivity index (χ0v) is 11.2. The molecular weight excluding hydrogens is 319 g/mol. The molecule has 0 radical (unpaired) electrons. The molecule has 0 amide bonds. The molecule has 0 aliphatic rings. The van der Waals surface area contributed by atoms with Crippen LogP contribution in [0.5, 0.6) is 0 Å². The van der Waals surface area contributed by atoms with Crippen LogP contribution in [0.2, 0.25) is 0 Å². The first-order valence-corrected chi connectivity index (χ1v) is 6.04. The average molecular weight is 329 g/mol. The van der Waals surface area contributed by atoms with E-state index in [1.165, 1.54) is 0 Å². The summed E-state index contributed by atoms with van der Waals surface area (Å²) in [6, 6.07) is 1.01. The van der Waals surface area contributed by atoms with Crippen molar-refractivity contribution < 1.29 is 18.3 Å². The Balaban J connectivity index is 3.28.